The van der Waals surface area contributed by atoms with Gasteiger partial charge >= 0.3 is 11.9 Å². The second-order valence-corrected chi connectivity index (χ2v) is 5.51. The summed E-state index contributed by atoms with van der Waals surface area (Å²) in [5.74, 6) is -2.31. The van der Waals surface area contributed by atoms with E-state index in [2.05, 4.69) is 0 Å². The van der Waals surface area contributed by atoms with Crippen molar-refractivity contribution in [2.24, 2.45) is 0 Å². The Morgan fingerprint density at radius 2 is 1.18 bits per heavy atom. The van der Waals surface area contributed by atoms with Gasteiger partial charge in [-0.05, 0) is 25.0 Å². The van der Waals surface area contributed by atoms with Gasteiger partial charge in [-0.1, -0.05) is 59.7 Å². The largest absolute Gasteiger partial charge is 0.481 e. The Morgan fingerprint density at radius 3 is 1.45 bits per heavy atom. The maximum Gasteiger partial charge on any atom is 0.319 e. The van der Waals surface area contributed by atoms with Crippen LogP contribution in [0, 0.1) is 13.8 Å². The molecule has 4 heteroatoms. The number of carbonyl (C=O) groups is 2. The number of hydrogen-bond acceptors (Lipinski definition) is 2. The van der Waals surface area contributed by atoms with E-state index in [1.807, 2.05) is 13.8 Å². The first-order valence-corrected chi connectivity index (χ1v) is 6.96. The van der Waals surface area contributed by atoms with Gasteiger partial charge in [0.1, 0.15) is 5.41 Å². The maximum atomic E-state index is 12.1. The lowest BCUT2D eigenvalue weighted by atomic mass is 9.71. The van der Waals surface area contributed by atoms with Crippen LogP contribution >= 0.6 is 0 Å². The van der Waals surface area contributed by atoms with Crippen molar-refractivity contribution in [2.45, 2.75) is 25.7 Å². The van der Waals surface area contributed by atoms with Crippen LogP contribution in [0.4, 0.5) is 0 Å². The second-order valence-electron chi connectivity index (χ2n) is 5.51. The summed E-state index contributed by atoms with van der Waals surface area (Å²) < 4.78 is 0. The second kappa shape index (κ2) is 6.02. The summed E-state index contributed by atoms with van der Waals surface area (Å²) in [5.41, 5.74) is 1.32. The Kier molecular flexibility index (Phi) is 4.31. The molecule has 0 spiro atoms. The third-order valence-electron chi connectivity index (χ3n) is 3.87. The molecule has 0 aliphatic heterocycles. The van der Waals surface area contributed by atoms with E-state index < -0.39 is 23.8 Å². The third kappa shape index (κ3) is 2.86. The van der Waals surface area contributed by atoms with Crippen LogP contribution in [0.5, 0.6) is 0 Å². The average molecular weight is 298 g/mol. The van der Waals surface area contributed by atoms with Gasteiger partial charge < -0.3 is 10.2 Å². The highest BCUT2D eigenvalue weighted by atomic mass is 16.4. The summed E-state index contributed by atoms with van der Waals surface area (Å²) in [6.45, 7) is 3.80. The van der Waals surface area contributed by atoms with Crippen molar-refractivity contribution in [3.63, 3.8) is 0 Å². The van der Waals surface area contributed by atoms with Gasteiger partial charge in [0.2, 0.25) is 0 Å². The fraction of sp³-hybridized carbons (Fsp3) is 0.222. The van der Waals surface area contributed by atoms with Crippen LogP contribution in [0.3, 0.4) is 0 Å². The number of rotatable bonds is 5. The number of aryl methyl sites for hydroxylation is 2. The smallest absolute Gasteiger partial charge is 0.319 e. The molecule has 0 aromatic heterocycles. The molecule has 0 unspecified atom stereocenters. The molecule has 0 atom stereocenters. The summed E-state index contributed by atoms with van der Waals surface area (Å²) in [7, 11) is 0. The highest BCUT2D eigenvalue weighted by molar-refractivity contribution is 5.91. The summed E-state index contributed by atoms with van der Waals surface area (Å²) >= 11 is 0. The van der Waals surface area contributed by atoms with Gasteiger partial charge in [-0.15, -0.1) is 0 Å². The molecule has 0 saturated heterocycles. The van der Waals surface area contributed by atoms with Gasteiger partial charge in [0.05, 0.1) is 6.42 Å². The molecule has 0 saturated carbocycles. The first-order chi connectivity index (χ1) is 10.4. The molecule has 2 aromatic carbocycles. The molecule has 4 nitrogen and oxygen atoms in total. The SMILES string of the molecule is Cc1ccc(C(CC(=O)O)(C(=O)O)c2ccc(C)cc2)cc1. The molecule has 0 radical (unpaired) electrons. The standard InChI is InChI=1S/C18H18O4/c1-12-3-7-14(8-4-12)18(17(21)22,11-16(19)20)15-9-5-13(2)6-10-15/h3-10H,11H2,1-2H3,(H,19,20)(H,21,22). The molecule has 22 heavy (non-hydrogen) atoms. The monoisotopic (exact) mass is 298 g/mol. The summed E-state index contributed by atoms with van der Waals surface area (Å²) in [4.78, 5) is 23.4. The average Bonchev–Trinajstić information content (AvgIpc) is 2.46. The third-order valence-corrected chi connectivity index (χ3v) is 3.87. The predicted molar refractivity (Wildman–Crippen MR) is 83.0 cm³/mol. The Hall–Kier alpha value is -2.62. The Morgan fingerprint density at radius 1 is 0.818 bits per heavy atom. The highest BCUT2D eigenvalue weighted by Crippen LogP contribution is 2.36. The minimum Gasteiger partial charge on any atom is -0.481 e. The molecule has 0 aliphatic rings. The number of hydrogen-bond donors (Lipinski definition) is 2. The van der Waals surface area contributed by atoms with E-state index >= 15 is 0 Å². The summed E-state index contributed by atoms with van der Waals surface area (Å²) in [5, 5.41) is 19.1. The Balaban J connectivity index is 2.70. The van der Waals surface area contributed by atoms with Gasteiger partial charge in [0.15, 0.2) is 0 Å². The van der Waals surface area contributed by atoms with E-state index in [9.17, 15) is 19.8 Å². The van der Waals surface area contributed by atoms with Gasteiger partial charge in [0.25, 0.3) is 0 Å². The number of benzene rings is 2. The molecule has 2 N–H and O–H groups in total. The van der Waals surface area contributed by atoms with E-state index in [1.165, 1.54) is 0 Å². The molecule has 114 valence electrons. The zero-order chi connectivity index (χ0) is 16.3. The molecule has 2 rings (SSSR count). The van der Waals surface area contributed by atoms with Crippen LogP contribution in [0.15, 0.2) is 48.5 Å². The fourth-order valence-corrected chi connectivity index (χ4v) is 2.60. The molecule has 0 fully saturated rings. The van der Waals surface area contributed by atoms with E-state index in [1.54, 1.807) is 48.5 Å². The van der Waals surface area contributed by atoms with Gasteiger partial charge in [-0.3, -0.25) is 9.59 Å². The van der Waals surface area contributed by atoms with Crippen molar-refractivity contribution < 1.29 is 19.8 Å². The van der Waals surface area contributed by atoms with Gasteiger partial charge in [0, 0.05) is 0 Å². The van der Waals surface area contributed by atoms with E-state index in [4.69, 9.17) is 0 Å². The lowest BCUT2D eigenvalue weighted by Gasteiger charge is -2.29. The topological polar surface area (TPSA) is 74.6 Å². The van der Waals surface area contributed by atoms with Crippen molar-refractivity contribution in [2.75, 3.05) is 0 Å². The molecule has 0 amide bonds. The zero-order valence-electron chi connectivity index (χ0n) is 12.5. The van der Waals surface area contributed by atoms with Crippen LogP contribution < -0.4 is 0 Å². The molecule has 0 bridgehead atoms. The van der Waals surface area contributed by atoms with Crippen LogP contribution in [-0.2, 0) is 15.0 Å². The van der Waals surface area contributed by atoms with Gasteiger partial charge in [-0.25, -0.2) is 0 Å². The first kappa shape index (κ1) is 15.8. The molecular formula is C18H18O4. The van der Waals surface area contributed by atoms with E-state index in [0.717, 1.165) is 11.1 Å². The normalized spacial score (nSPS) is 11.2. The van der Waals surface area contributed by atoms with E-state index in [-0.39, 0.29) is 0 Å². The van der Waals surface area contributed by atoms with Crippen LogP contribution in [0.2, 0.25) is 0 Å². The quantitative estimate of drug-likeness (QED) is 0.889. The summed E-state index contributed by atoms with van der Waals surface area (Å²) in [6, 6.07) is 13.9. The molecular weight excluding hydrogens is 280 g/mol. The Labute approximate surface area is 129 Å². The van der Waals surface area contributed by atoms with Crippen molar-refractivity contribution in [1.29, 1.82) is 0 Å². The minimum atomic E-state index is -1.59. The van der Waals surface area contributed by atoms with Crippen molar-refractivity contribution in [3.8, 4) is 0 Å². The van der Waals surface area contributed by atoms with Crippen molar-refractivity contribution in [3.05, 3.63) is 70.8 Å². The first-order valence-electron chi connectivity index (χ1n) is 6.96. The van der Waals surface area contributed by atoms with Gasteiger partial charge in [-0.2, -0.15) is 0 Å². The fourth-order valence-electron chi connectivity index (χ4n) is 2.60. The summed E-state index contributed by atoms with van der Waals surface area (Å²) in [6.07, 6.45) is -0.506. The number of carboxylic acids is 2. The molecule has 0 aliphatic carbocycles. The lowest BCUT2D eigenvalue weighted by Crippen LogP contribution is -2.39. The maximum absolute atomic E-state index is 12.1. The van der Waals surface area contributed by atoms with Crippen molar-refractivity contribution >= 4 is 11.9 Å². The molecule has 2 aromatic rings. The highest BCUT2D eigenvalue weighted by Gasteiger charge is 2.44. The van der Waals surface area contributed by atoms with Crippen LogP contribution in [0.25, 0.3) is 0 Å². The number of carboxylic acid groups (broad SMARTS) is 2. The molecule has 0 heterocycles. The van der Waals surface area contributed by atoms with Crippen LogP contribution in [-0.4, -0.2) is 22.2 Å². The minimum absolute atomic E-state index is 0.469. The number of aliphatic carboxylic acids is 2. The Bertz CT molecular complexity index is 639. The van der Waals surface area contributed by atoms with Crippen LogP contribution in [0.1, 0.15) is 28.7 Å². The van der Waals surface area contributed by atoms with E-state index in [0.29, 0.717) is 11.1 Å². The predicted octanol–water partition coefficient (Wildman–Crippen LogP) is 3.15. The van der Waals surface area contributed by atoms with Crippen molar-refractivity contribution in [1.82, 2.24) is 0 Å². The lowest BCUT2D eigenvalue weighted by molar-refractivity contribution is -0.148. The zero-order valence-corrected chi connectivity index (χ0v) is 12.5.